The molecular weight excluding hydrogens is 595 g/mol. The molecule has 0 fully saturated rings. The van der Waals surface area contributed by atoms with Gasteiger partial charge in [-0.05, 0) is 67.9 Å². The molecule has 0 radical (unpaired) electrons. The molecule has 49 heavy (non-hydrogen) atoms. The van der Waals surface area contributed by atoms with Gasteiger partial charge in [-0.25, -0.2) is 9.97 Å². The first kappa shape index (κ1) is 29.0. The summed E-state index contributed by atoms with van der Waals surface area (Å²) < 4.78 is 0. The second-order valence-corrected chi connectivity index (χ2v) is 13.3. The van der Waals surface area contributed by atoms with Gasteiger partial charge in [0, 0.05) is 40.1 Å². The Morgan fingerprint density at radius 1 is 0.429 bits per heavy atom. The van der Waals surface area contributed by atoms with Gasteiger partial charge in [-0.3, -0.25) is 4.98 Å². The molecule has 3 nitrogen and oxygen atoms in total. The van der Waals surface area contributed by atoms with E-state index in [9.17, 15) is 0 Å². The molecule has 1 aliphatic carbocycles. The Labute approximate surface area is 286 Å². The predicted molar refractivity (Wildman–Crippen MR) is 202 cm³/mol. The average molecular weight is 628 g/mol. The number of rotatable bonds is 5. The zero-order valence-electron chi connectivity index (χ0n) is 27.4. The van der Waals surface area contributed by atoms with Crippen molar-refractivity contribution in [1.82, 2.24) is 15.0 Å². The van der Waals surface area contributed by atoms with Gasteiger partial charge in [-0.2, -0.15) is 0 Å². The van der Waals surface area contributed by atoms with E-state index in [-0.39, 0.29) is 5.41 Å². The minimum Gasteiger partial charge on any atom is -0.264 e. The quantitative estimate of drug-likeness (QED) is 0.191. The molecule has 0 aliphatic heterocycles. The molecule has 3 heteroatoms. The second kappa shape index (κ2) is 11.5. The Kier molecular flexibility index (Phi) is 6.80. The van der Waals surface area contributed by atoms with Crippen LogP contribution in [0.25, 0.3) is 78.1 Å². The maximum atomic E-state index is 5.22. The monoisotopic (exact) mass is 627 g/mol. The van der Waals surface area contributed by atoms with Gasteiger partial charge in [-0.1, -0.05) is 147 Å². The van der Waals surface area contributed by atoms with Crippen LogP contribution < -0.4 is 0 Å². The van der Waals surface area contributed by atoms with E-state index >= 15 is 0 Å². The van der Waals surface area contributed by atoms with Crippen LogP contribution in [0.3, 0.4) is 0 Å². The fraction of sp³-hybridized carbons (Fsp3) is 0.0652. The summed E-state index contributed by atoms with van der Waals surface area (Å²) in [6.45, 7) is 4.68. The van der Waals surface area contributed by atoms with Crippen molar-refractivity contribution in [3.05, 3.63) is 175 Å². The fourth-order valence-electron chi connectivity index (χ4n) is 7.58. The topological polar surface area (TPSA) is 38.7 Å². The predicted octanol–water partition coefficient (Wildman–Crippen LogP) is 11.7. The highest BCUT2D eigenvalue weighted by molar-refractivity contribution is 6.08. The normalized spacial score (nSPS) is 12.9. The van der Waals surface area contributed by atoms with Gasteiger partial charge >= 0.3 is 0 Å². The Bertz CT molecular complexity index is 2520. The summed E-state index contributed by atoms with van der Waals surface area (Å²) in [5.41, 5.74) is 14.9. The van der Waals surface area contributed by atoms with E-state index in [0.29, 0.717) is 5.82 Å². The molecule has 8 aromatic rings. The Hall–Kier alpha value is -6.19. The molecule has 0 bridgehead atoms. The van der Waals surface area contributed by atoms with E-state index in [2.05, 4.69) is 146 Å². The van der Waals surface area contributed by atoms with Crippen LogP contribution in [0.2, 0.25) is 0 Å². The first-order valence-electron chi connectivity index (χ1n) is 16.8. The lowest BCUT2D eigenvalue weighted by molar-refractivity contribution is 0.660. The zero-order chi connectivity index (χ0) is 33.0. The Morgan fingerprint density at radius 2 is 1.06 bits per heavy atom. The minimum atomic E-state index is -0.0583. The van der Waals surface area contributed by atoms with Gasteiger partial charge in [0.2, 0.25) is 0 Å². The van der Waals surface area contributed by atoms with E-state index in [1.807, 2.05) is 30.5 Å². The first-order chi connectivity index (χ1) is 24.1. The number of benzene rings is 6. The molecule has 2 aromatic heterocycles. The van der Waals surface area contributed by atoms with Crippen molar-refractivity contribution in [2.45, 2.75) is 19.3 Å². The van der Waals surface area contributed by atoms with Gasteiger partial charge in [0.25, 0.3) is 0 Å². The summed E-state index contributed by atoms with van der Waals surface area (Å²) in [4.78, 5) is 14.7. The van der Waals surface area contributed by atoms with Crippen molar-refractivity contribution in [2.75, 3.05) is 0 Å². The number of hydrogen-bond donors (Lipinski definition) is 0. The number of fused-ring (bicyclic) bond motifs is 4. The van der Waals surface area contributed by atoms with Crippen molar-refractivity contribution in [1.29, 1.82) is 0 Å². The molecule has 6 aromatic carbocycles. The molecule has 0 saturated carbocycles. The smallest absolute Gasteiger partial charge is 0.160 e. The summed E-state index contributed by atoms with van der Waals surface area (Å²) in [5, 5.41) is 2.37. The third-order valence-electron chi connectivity index (χ3n) is 10.0. The fourth-order valence-corrected chi connectivity index (χ4v) is 7.58. The number of nitrogens with zero attached hydrogens (tertiary/aromatic N) is 3. The molecule has 9 rings (SSSR count). The minimum absolute atomic E-state index is 0.0583. The SMILES string of the molecule is CC1(C)c2ccccc2-c2c(-c3ccc(-c4cc(-c5cccc(-c6cccnc6)c5)nc(-c5ccccc5)n4)c4ccccc34)cccc21. The van der Waals surface area contributed by atoms with Gasteiger partial charge in [0.1, 0.15) is 0 Å². The molecule has 232 valence electrons. The highest BCUT2D eigenvalue weighted by Gasteiger charge is 2.36. The van der Waals surface area contributed by atoms with Crippen molar-refractivity contribution < 1.29 is 0 Å². The van der Waals surface area contributed by atoms with Crippen molar-refractivity contribution in [3.8, 4) is 67.3 Å². The van der Waals surface area contributed by atoms with E-state index in [1.54, 1.807) is 6.20 Å². The lowest BCUT2D eigenvalue weighted by Gasteiger charge is -2.22. The summed E-state index contributed by atoms with van der Waals surface area (Å²) in [5.74, 6) is 0.702. The number of pyridine rings is 1. The summed E-state index contributed by atoms with van der Waals surface area (Å²) >= 11 is 0. The van der Waals surface area contributed by atoms with Crippen LogP contribution in [0.15, 0.2) is 164 Å². The third kappa shape index (κ3) is 4.86. The van der Waals surface area contributed by atoms with Crippen LogP contribution in [-0.4, -0.2) is 15.0 Å². The largest absolute Gasteiger partial charge is 0.264 e. The molecule has 0 amide bonds. The average Bonchev–Trinajstić information content (AvgIpc) is 3.41. The molecule has 2 heterocycles. The van der Waals surface area contributed by atoms with Crippen LogP contribution in [0.1, 0.15) is 25.0 Å². The van der Waals surface area contributed by atoms with Crippen LogP contribution in [0, 0.1) is 0 Å². The lowest BCUT2D eigenvalue weighted by atomic mass is 9.81. The van der Waals surface area contributed by atoms with Crippen LogP contribution in [0.5, 0.6) is 0 Å². The van der Waals surface area contributed by atoms with Crippen LogP contribution in [-0.2, 0) is 5.41 Å². The van der Waals surface area contributed by atoms with Crippen LogP contribution in [0.4, 0.5) is 0 Å². The maximum absolute atomic E-state index is 5.22. The van der Waals surface area contributed by atoms with Crippen molar-refractivity contribution in [2.24, 2.45) is 0 Å². The van der Waals surface area contributed by atoms with Gasteiger partial charge in [0.15, 0.2) is 5.82 Å². The number of hydrogen-bond acceptors (Lipinski definition) is 3. The Balaban J connectivity index is 1.24. The van der Waals surface area contributed by atoms with Crippen molar-refractivity contribution in [3.63, 3.8) is 0 Å². The molecule has 0 spiro atoms. The van der Waals surface area contributed by atoms with Gasteiger partial charge < -0.3 is 0 Å². The number of aromatic nitrogens is 3. The molecule has 0 saturated heterocycles. The highest BCUT2D eigenvalue weighted by Crippen LogP contribution is 2.52. The van der Waals surface area contributed by atoms with E-state index in [0.717, 1.165) is 44.6 Å². The third-order valence-corrected chi connectivity index (χ3v) is 10.0. The molecular formula is C46H33N3. The first-order valence-corrected chi connectivity index (χ1v) is 16.8. The standard InChI is InChI=1S/C46H33N3/c1-46(2)40-22-9-8-20-39(40)44-38(21-11-23-41(44)46)36-24-25-37(35-19-7-6-18-34(35)36)43-28-42(48-45(49-43)30-13-4-3-5-14-30)32-16-10-15-31(27-32)33-17-12-26-47-29-33/h3-29H,1-2H3. The molecule has 1 aliphatic rings. The lowest BCUT2D eigenvalue weighted by Crippen LogP contribution is -2.14. The summed E-state index contributed by atoms with van der Waals surface area (Å²) in [6.07, 6.45) is 3.70. The Morgan fingerprint density at radius 3 is 1.90 bits per heavy atom. The molecule has 0 atom stereocenters. The highest BCUT2D eigenvalue weighted by atomic mass is 14.9. The molecule has 0 unspecified atom stereocenters. The maximum Gasteiger partial charge on any atom is 0.160 e. The molecule has 0 N–H and O–H groups in total. The summed E-state index contributed by atoms with van der Waals surface area (Å²) in [6, 6.07) is 53.9. The van der Waals surface area contributed by atoms with Gasteiger partial charge in [0.05, 0.1) is 11.4 Å². The van der Waals surface area contributed by atoms with E-state index in [1.165, 1.54) is 38.8 Å². The van der Waals surface area contributed by atoms with Gasteiger partial charge in [-0.15, -0.1) is 0 Å². The zero-order valence-corrected chi connectivity index (χ0v) is 27.4. The second-order valence-electron chi connectivity index (χ2n) is 13.3. The van der Waals surface area contributed by atoms with Crippen LogP contribution >= 0.6 is 0 Å². The van der Waals surface area contributed by atoms with Crippen molar-refractivity contribution >= 4 is 10.8 Å². The van der Waals surface area contributed by atoms with E-state index in [4.69, 9.17) is 9.97 Å². The van der Waals surface area contributed by atoms with E-state index < -0.39 is 0 Å². The summed E-state index contributed by atoms with van der Waals surface area (Å²) in [7, 11) is 0.